The molecule has 1 atom stereocenters. The van der Waals surface area contributed by atoms with Crippen molar-refractivity contribution in [3.8, 4) is 0 Å². The third kappa shape index (κ3) is 2.38. The second kappa shape index (κ2) is 5.06. The summed E-state index contributed by atoms with van der Waals surface area (Å²) >= 11 is 5.75. The number of nitrogens with zero attached hydrogens (tertiary/aromatic N) is 1. The Kier molecular flexibility index (Phi) is 3.66. The summed E-state index contributed by atoms with van der Waals surface area (Å²) in [7, 11) is 0. The zero-order valence-electron chi connectivity index (χ0n) is 9.95. The topological polar surface area (TPSA) is 37.4 Å². The normalized spacial score (nSPS) is 19.4. The van der Waals surface area contributed by atoms with Gasteiger partial charge in [0, 0.05) is 24.4 Å². The predicted molar refractivity (Wildman–Crippen MR) is 67.6 cm³/mol. The van der Waals surface area contributed by atoms with Gasteiger partial charge in [-0.25, -0.2) is 4.39 Å². The molecule has 1 fully saturated rings. The first kappa shape index (κ1) is 13.0. The fourth-order valence-electron chi connectivity index (χ4n) is 2.14. The van der Waals surface area contributed by atoms with Crippen LogP contribution in [0.25, 0.3) is 0 Å². The number of halogens is 2. The summed E-state index contributed by atoms with van der Waals surface area (Å²) in [6.45, 7) is 1.84. The minimum atomic E-state index is -0.482. The van der Waals surface area contributed by atoms with E-state index < -0.39 is 5.82 Å². The van der Waals surface area contributed by atoms with Gasteiger partial charge in [-0.2, -0.15) is 0 Å². The number of amides is 1. The first-order chi connectivity index (χ1) is 8.52. The number of hydrogen-bond acceptors (Lipinski definition) is 2. The molecule has 0 saturated carbocycles. The molecule has 0 bridgehead atoms. The van der Waals surface area contributed by atoms with Gasteiger partial charge >= 0.3 is 0 Å². The highest BCUT2D eigenvalue weighted by molar-refractivity contribution is 6.18. The van der Waals surface area contributed by atoms with Crippen LogP contribution in [0.4, 0.5) is 10.1 Å². The lowest BCUT2D eigenvalue weighted by atomic mass is 10.1. The maximum atomic E-state index is 13.2. The average Bonchev–Trinajstić information content (AvgIpc) is 2.70. The van der Waals surface area contributed by atoms with Gasteiger partial charge in [0.05, 0.1) is 5.69 Å². The van der Waals surface area contributed by atoms with Crippen LogP contribution in [0.3, 0.4) is 0 Å². The Morgan fingerprint density at radius 1 is 1.56 bits per heavy atom. The van der Waals surface area contributed by atoms with E-state index in [0.29, 0.717) is 24.5 Å². The van der Waals surface area contributed by atoms with Crippen molar-refractivity contribution < 1.29 is 14.0 Å². The highest BCUT2D eigenvalue weighted by atomic mass is 35.5. The van der Waals surface area contributed by atoms with E-state index in [9.17, 15) is 14.0 Å². The van der Waals surface area contributed by atoms with Gasteiger partial charge in [-0.05, 0) is 31.0 Å². The first-order valence-corrected chi connectivity index (χ1v) is 6.23. The molecule has 0 aliphatic carbocycles. The number of benzene rings is 1. The van der Waals surface area contributed by atoms with Crippen molar-refractivity contribution in [2.45, 2.75) is 13.3 Å². The third-order valence-corrected chi connectivity index (χ3v) is 3.49. The maximum absolute atomic E-state index is 13.2. The number of anilines is 1. The van der Waals surface area contributed by atoms with Crippen molar-refractivity contribution >= 4 is 29.0 Å². The lowest BCUT2D eigenvalue weighted by Crippen LogP contribution is -2.26. The fourth-order valence-corrected chi connectivity index (χ4v) is 2.35. The van der Waals surface area contributed by atoms with E-state index in [0.717, 1.165) is 0 Å². The van der Waals surface area contributed by atoms with Crippen LogP contribution in [0, 0.1) is 11.7 Å². The number of carbonyl (C=O) groups excluding carboxylic acids is 2. The van der Waals surface area contributed by atoms with Gasteiger partial charge in [0.1, 0.15) is 5.82 Å². The molecule has 1 aliphatic rings. The molecule has 1 aliphatic heterocycles. The summed E-state index contributed by atoms with van der Waals surface area (Å²) in [6.07, 6.45) is 0.373. The average molecular weight is 270 g/mol. The van der Waals surface area contributed by atoms with E-state index >= 15 is 0 Å². The number of carbonyl (C=O) groups is 2. The van der Waals surface area contributed by atoms with Crippen LogP contribution in [0.1, 0.15) is 23.7 Å². The number of alkyl halides is 1. The van der Waals surface area contributed by atoms with Crippen LogP contribution >= 0.6 is 11.6 Å². The number of hydrogen-bond donors (Lipinski definition) is 0. The number of rotatable bonds is 3. The van der Waals surface area contributed by atoms with Crippen molar-refractivity contribution in [1.82, 2.24) is 0 Å². The van der Waals surface area contributed by atoms with Gasteiger partial charge < -0.3 is 4.90 Å². The number of ketones is 1. The molecule has 2 rings (SSSR count). The summed E-state index contributed by atoms with van der Waals surface area (Å²) in [5.74, 6) is -0.325. The molecule has 1 heterocycles. The minimum absolute atomic E-state index is 0.0743. The summed E-state index contributed by atoms with van der Waals surface area (Å²) in [4.78, 5) is 24.9. The summed E-state index contributed by atoms with van der Waals surface area (Å²) in [5.41, 5.74) is 0.708. The van der Waals surface area contributed by atoms with E-state index in [4.69, 9.17) is 11.6 Å². The Hall–Kier alpha value is -1.42. The van der Waals surface area contributed by atoms with Crippen LogP contribution in [0.15, 0.2) is 18.2 Å². The molecule has 1 saturated heterocycles. The second-order valence-electron chi connectivity index (χ2n) is 4.45. The lowest BCUT2D eigenvalue weighted by Gasteiger charge is -2.19. The highest BCUT2D eigenvalue weighted by Crippen LogP contribution is 2.29. The fraction of sp³-hybridized carbons (Fsp3) is 0.385. The van der Waals surface area contributed by atoms with Crippen LogP contribution < -0.4 is 4.90 Å². The quantitative estimate of drug-likeness (QED) is 0.625. The zero-order valence-corrected chi connectivity index (χ0v) is 10.7. The van der Waals surface area contributed by atoms with Crippen LogP contribution in [-0.4, -0.2) is 24.1 Å². The minimum Gasteiger partial charge on any atom is -0.311 e. The molecule has 1 aromatic carbocycles. The van der Waals surface area contributed by atoms with E-state index in [1.807, 2.05) is 0 Å². The summed E-state index contributed by atoms with van der Waals surface area (Å²) in [6, 6.07) is 3.89. The molecule has 1 unspecified atom stereocenters. The summed E-state index contributed by atoms with van der Waals surface area (Å²) in [5, 5.41) is 0. The molecule has 0 N–H and O–H groups in total. The van der Waals surface area contributed by atoms with Crippen molar-refractivity contribution in [2.24, 2.45) is 5.92 Å². The molecule has 18 heavy (non-hydrogen) atoms. The molecule has 1 amide bonds. The molecule has 1 aromatic rings. The largest absolute Gasteiger partial charge is 0.311 e. The Labute approximate surface area is 110 Å². The molecular weight excluding hydrogens is 257 g/mol. The highest BCUT2D eigenvalue weighted by Gasteiger charge is 2.31. The molecule has 5 heteroatoms. The Morgan fingerprint density at radius 3 is 2.83 bits per heavy atom. The van der Waals surface area contributed by atoms with Crippen LogP contribution in [0.2, 0.25) is 0 Å². The molecule has 96 valence electrons. The monoisotopic (exact) mass is 269 g/mol. The van der Waals surface area contributed by atoms with E-state index in [-0.39, 0.29) is 23.2 Å². The SMILES string of the molecule is CC(=O)c1cc(F)ccc1N1CC(CCl)CC1=O. The van der Waals surface area contributed by atoms with Gasteiger partial charge in [0.2, 0.25) is 5.91 Å². The zero-order chi connectivity index (χ0) is 13.3. The van der Waals surface area contributed by atoms with Crippen molar-refractivity contribution in [2.75, 3.05) is 17.3 Å². The molecular formula is C13H13ClFNO2. The molecule has 0 radical (unpaired) electrons. The first-order valence-electron chi connectivity index (χ1n) is 5.69. The van der Waals surface area contributed by atoms with Crippen LogP contribution in [0.5, 0.6) is 0 Å². The van der Waals surface area contributed by atoms with Crippen molar-refractivity contribution in [3.63, 3.8) is 0 Å². The van der Waals surface area contributed by atoms with E-state index in [1.54, 1.807) is 0 Å². The van der Waals surface area contributed by atoms with Crippen molar-refractivity contribution in [1.29, 1.82) is 0 Å². The standard InChI is InChI=1S/C13H13ClFNO2/c1-8(17)11-5-10(15)2-3-12(11)16-7-9(6-14)4-13(16)18/h2-3,5,9H,4,6-7H2,1H3. The third-order valence-electron chi connectivity index (χ3n) is 3.05. The maximum Gasteiger partial charge on any atom is 0.227 e. The van der Waals surface area contributed by atoms with Gasteiger partial charge in [-0.3, -0.25) is 9.59 Å². The Morgan fingerprint density at radius 2 is 2.28 bits per heavy atom. The van der Waals surface area contributed by atoms with Gasteiger partial charge in [0.25, 0.3) is 0 Å². The van der Waals surface area contributed by atoms with Crippen LogP contribution in [-0.2, 0) is 4.79 Å². The Bertz CT molecular complexity index is 504. The van der Waals surface area contributed by atoms with Gasteiger partial charge in [-0.1, -0.05) is 0 Å². The smallest absolute Gasteiger partial charge is 0.227 e. The molecule has 0 aromatic heterocycles. The molecule has 3 nitrogen and oxygen atoms in total. The second-order valence-corrected chi connectivity index (χ2v) is 4.76. The van der Waals surface area contributed by atoms with Gasteiger partial charge in [0.15, 0.2) is 5.78 Å². The van der Waals surface area contributed by atoms with Crippen molar-refractivity contribution in [3.05, 3.63) is 29.6 Å². The number of Topliss-reactive ketones (excluding diaryl/α,β-unsaturated/α-hetero) is 1. The van der Waals surface area contributed by atoms with Gasteiger partial charge in [-0.15, -0.1) is 11.6 Å². The Balaban J connectivity index is 2.39. The van der Waals surface area contributed by atoms with E-state index in [2.05, 4.69) is 0 Å². The predicted octanol–water partition coefficient (Wildman–Crippen LogP) is 2.62. The molecule has 0 spiro atoms. The lowest BCUT2D eigenvalue weighted by molar-refractivity contribution is -0.117. The van der Waals surface area contributed by atoms with E-state index in [1.165, 1.54) is 30.0 Å². The summed E-state index contributed by atoms with van der Waals surface area (Å²) < 4.78 is 13.2.